The molecule has 0 saturated carbocycles. The molecular formula is C22H27ClN2O2. The summed E-state index contributed by atoms with van der Waals surface area (Å²) in [6, 6.07) is 9.10. The highest BCUT2D eigenvalue weighted by Gasteiger charge is 2.23. The summed E-state index contributed by atoms with van der Waals surface area (Å²) in [5, 5.41) is 14.1. The Bertz CT molecular complexity index is 842. The number of nitrogens with one attached hydrogen (secondary N) is 1. The van der Waals surface area contributed by atoms with Gasteiger partial charge in [-0.25, -0.2) is 0 Å². The molecule has 2 rings (SSSR count). The Morgan fingerprint density at radius 3 is 2.37 bits per heavy atom. The smallest absolute Gasteiger partial charge is 0.220 e. The van der Waals surface area contributed by atoms with Crippen molar-refractivity contribution in [3.8, 4) is 5.75 Å². The first kappa shape index (κ1) is 20.8. The highest BCUT2D eigenvalue weighted by atomic mass is 35.5. The maximum Gasteiger partial charge on any atom is 0.220 e. The van der Waals surface area contributed by atoms with E-state index in [2.05, 4.69) is 19.2 Å². The van der Waals surface area contributed by atoms with E-state index >= 15 is 0 Å². The van der Waals surface area contributed by atoms with Crippen molar-refractivity contribution in [3.05, 3.63) is 63.7 Å². The van der Waals surface area contributed by atoms with Crippen molar-refractivity contribution >= 4 is 29.3 Å². The van der Waals surface area contributed by atoms with Crippen LogP contribution in [-0.2, 0) is 4.79 Å². The van der Waals surface area contributed by atoms with Crippen LogP contribution in [0.15, 0.2) is 36.4 Å². The monoisotopic (exact) mass is 386 g/mol. The predicted octanol–water partition coefficient (Wildman–Crippen LogP) is 5.40. The van der Waals surface area contributed by atoms with Crippen LogP contribution in [0.25, 0.3) is 6.08 Å². The van der Waals surface area contributed by atoms with E-state index < -0.39 is 6.04 Å². The number of amides is 1. The second-order valence-corrected chi connectivity index (χ2v) is 7.21. The molecule has 0 aliphatic heterocycles. The number of rotatable bonds is 6. The van der Waals surface area contributed by atoms with Crippen molar-refractivity contribution in [2.45, 2.75) is 46.1 Å². The quantitative estimate of drug-likeness (QED) is 0.459. The molecule has 0 aromatic heterocycles. The number of phenols is 1. The van der Waals surface area contributed by atoms with Crippen molar-refractivity contribution in [2.24, 2.45) is 0 Å². The molecule has 27 heavy (non-hydrogen) atoms. The average Bonchev–Trinajstić information content (AvgIpc) is 2.66. The van der Waals surface area contributed by atoms with Crippen molar-refractivity contribution in [3.63, 3.8) is 0 Å². The van der Waals surface area contributed by atoms with Crippen LogP contribution in [0.4, 0.5) is 5.69 Å². The Kier molecular flexibility index (Phi) is 6.92. The van der Waals surface area contributed by atoms with Crippen LogP contribution in [-0.4, -0.2) is 11.0 Å². The van der Waals surface area contributed by atoms with Gasteiger partial charge in [-0.15, -0.1) is 0 Å². The second-order valence-electron chi connectivity index (χ2n) is 6.80. The number of carbonyl (C=O) groups is 1. The van der Waals surface area contributed by atoms with E-state index in [1.54, 1.807) is 25.1 Å². The number of halogens is 1. The number of aromatic hydroxyl groups is 1. The van der Waals surface area contributed by atoms with Crippen molar-refractivity contribution < 1.29 is 9.90 Å². The molecule has 4 N–H and O–H groups in total. The van der Waals surface area contributed by atoms with Gasteiger partial charge in [-0.1, -0.05) is 68.8 Å². The van der Waals surface area contributed by atoms with Gasteiger partial charge in [-0.05, 0) is 30.0 Å². The van der Waals surface area contributed by atoms with Gasteiger partial charge in [-0.3, -0.25) is 4.79 Å². The van der Waals surface area contributed by atoms with Gasteiger partial charge in [0, 0.05) is 17.5 Å². The van der Waals surface area contributed by atoms with Crippen LogP contribution in [0.1, 0.15) is 68.3 Å². The van der Waals surface area contributed by atoms with Gasteiger partial charge in [0.1, 0.15) is 5.75 Å². The van der Waals surface area contributed by atoms with Gasteiger partial charge in [-0.2, -0.15) is 0 Å². The van der Waals surface area contributed by atoms with Crippen molar-refractivity contribution in [2.75, 3.05) is 5.73 Å². The van der Waals surface area contributed by atoms with Crippen LogP contribution < -0.4 is 11.1 Å². The van der Waals surface area contributed by atoms with E-state index in [0.29, 0.717) is 28.5 Å². The topological polar surface area (TPSA) is 75.3 Å². The Balaban J connectivity index is 2.59. The summed E-state index contributed by atoms with van der Waals surface area (Å²) in [6.07, 6.45) is 3.89. The van der Waals surface area contributed by atoms with Crippen LogP contribution in [0.2, 0.25) is 5.02 Å². The molecule has 1 unspecified atom stereocenters. The van der Waals surface area contributed by atoms with Gasteiger partial charge in [0.25, 0.3) is 0 Å². The summed E-state index contributed by atoms with van der Waals surface area (Å²) in [4.78, 5) is 12.1. The Labute approximate surface area is 166 Å². The van der Waals surface area contributed by atoms with Crippen LogP contribution in [0.3, 0.4) is 0 Å². The largest absolute Gasteiger partial charge is 0.505 e. The maximum absolute atomic E-state index is 12.1. The normalized spacial score (nSPS) is 12.5. The lowest BCUT2D eigenvalue weighted by Gasteiger charge is -2.23. The summed E-state index contributed by atoms with van der Waals surface area (Å²) < 4.78 is 0. The van der Waals surface area contributed by atoms with Gasteiger partial charge in [0.05, 0.1) is 16.8 Å². The number of nitrogens with two attached hydrogens (primary N) is 1. The summed E-state index contributed by atoms with van der Waals surface area (Å²) in [7, 11) is 0. The van der Waals surface area contributed by atoms with Crippen molar-refractivity contribution in [1.82, 2.24) is 5.32 Å². The summed E-state index contributed by atoms with van der Waals surface area (Å²) in [5.41, 5.74) is 9.41. The fourth-order valence-electron chi connectivity index (χ4n) is 2.93. The van der Waals surface area contributed by atoms with E-state index in [0.717, 1.165) is 5.56 Å². The molecule has 2 aromatic carbocycles. The number of hydrogen-bond donors (Lipinski definition) is 3. The number of benzene rings is 2. The standard InChI is InChI=1S/C22H27ClN2O2/c1-5-7-16-18(23)12-17(22(27)20(16)24)21(25-19(26)6-2)15-10-8-14(9-11-15)13(3)4/h5,7-13,21,27H,6,24H2,1-4H3,(H,25,26)/b7-5-. The zero-order chi connectivity index (χ0) is 20.1. The van der Waals surface area contributed by atoms with Gasteiger partial charge in [0.15, 0.2) is 0 Å². The fraction of sp³-hybridized carbons (Fsp3) is 0.318. The van der Waals surface area contributed by atoms with Crippen LogP contribution >= 0.6 is 11.6 Å². The Morgan fingerprint density at radius 1 is 1.26 bits per heavy atom. The van der Waals surface area contributed by atoms with Gasteiger partial charge >= 0.3 is 0 Å². The highest BCUT2D eigenvalue weighted by molar-refractivity contribution is 6.32. The fourth-order valence-corrected chi connectivity index (χ4v) is 3.21. The SMILES string of the molecule is C/C=C\c1c(Cl)cc(C(NC(=O)CC)c2ccc(C(C)C)cc2)c(O)c1N. The molecule has 0 radical (unpaired) electrons. The molecule has 0 bridgehead atoms. The lowest BCUT2D eigenvalue weighted by atomic mass is 9.93. The zero-order valence-electron chi connectivity index (χ0n) is 16.2. The van der Waals surface area contributed by atoms with E-state index in [4.69, 9.17) is 17.3 Å². The van der Waals surface area contributed by atoms with E-state index in [1.807, 2.05) is 31.2 Å². The minimum atomic E-state index is -0.543. The van der Waals surface area contributed by atoms with E-state index in [9.17, 15) is 9.90 Å². The lowest BCUT2D eigenvalue weighted by Crippen LogP contribution is -2.28. The van der Waals surface area contributed by atoms with Crippen LogP contribution in [0.5, 0.6) is 5.75 Å². The summed E-state index contributed by atoms with van der Waals surface area (Å²) >= 11 is 6.40. The zero-order valence-corrected chi connectivity index (χ0v) is 17.0. The molecule has 0 spiro atoms. The molecule has 0 heterocycles. The minimum absolute atomic E-state index is 0.0677. The second kappa shape index (κ2) is 8.96. The summed E-state index contributed by atoms with van der Waals surface area (Å²) in [5.74, 6) is 0.211. The number of allylic oxidation sites excluding steroid dienone is 1. The van der Waals surface area contributed by atoms with Crippen molar-refractivity contribution in [1.29, 1.82) is 0 Å². The third-order valence-electron chi connectivity index (χ3n) is 4.57. The van der Waals surface area contributed by atoms with Crippen LogP contribution in [0, 0.1) is 0 Å². The lowest BCUT2D eigenvalue weighted by molar-refractivity contribution is -0.121. The Morgan fingerprint density at radius 2 is 1.85 bits per heavy atom. The van der Waals surface area contributed by atoms with E-state index in [-0.39, 0.29) is 17.3 Å². The molecule has 144 valence electrons. The summed E-state index contributed by atoms with van der Waals surface area (Å²) in [6.45, 7) is 7.88. The number of carbonyl (C=O) groups excluding carboxylic acids is 1. The first-order valence-electron chi connectivity index (χ1n) is 9.12. The predicted molar refractivity (Wildman–Crippen MR) is 113 cm³/mol. The average molecular weight is 387 g/mol. The van der Waals surface area contributed by atoms with Gasteiger partial charge < -0.3 is 16.2 Å². The Hall–Kier alpha value is -2.46. The molecule has 5 heteroatoms. The highest BCUT2D eigenvalue weighted by Crippen LogP contribution is 2.40. The molecular weight excluding hydrogens is 360 g/mol. The molecule has 0 aliphatic carbocycles. The molecule has 0 aliphatic rings. The molecule has 1 amide bonds. The van der Waals surface area contributed by atoms with E-state index in [1.165, 1.54) is 5.56 Å². The number of anilines is 1. The molecule has 2 aromatic rings. The molecule has 0 fully saturated rings. The molecule has 0 saturated heterocycles. The molecule has 4 nitrogen and oxygen atoms in total. The third-order valence-corrected chi connectivity index (χ3v) is 4.88. The number of hydrogen-bond acceptors (Lipinski definition) is 3. The third kappa shape index (κ3) is 4.64. The minimum Gasteiger partial charge on any atom is -0.505 e. The number of nitrogen functional groups attached to an aromatic ring is 1. The first-order chi connectivity index (χ1) is 12.8. The first-order valence-corrected chi connectivity index (χ1v) is 9.50. The van der Waals surface area contributed by atoms with Gasteiger partial charge in [0.2, 0.25) is 5.91 Å². The maximum atomic E-state index is 12.1. The molecule has 1 atom stereocenters. The number of phenolic OH excluding ortho intramolecular Hbond substituents is 1.